The predicted molar refractivity (Wildman–Crippen MR) is 121 cm³/mol. The summed E-state index contributed by atoms with van der Waals surface area (Å²) in [5, 5.41) is 13.6. The van der Waals surface area contributed by atoms with Crippen molar-refractivity contribution in [1.29, 1.82) is 0 Å². The summed E-state index contributed by atoms with van der Waals surface area (Å²) < 4.78 is 0. The molecule has 158 valence electrons. The molecule has 30 heavy (non-hydrogen) atoms. The summed E-state index contributed by atoms with van der Waals surface area (Å²) in [7, 11) is 0. The first-order chi connectivity index (χ1) is 14.2. The Morgan fingerprint density at radius 2 is 2.03 bits per heavy atom. The Morgan fingerprint density at radius 3 is 2.80 bits per heavy atom. The number of phenolic OH excluding ortho intramolecular Hbond substituents is 1. The van der Waals surface area contributed by atoms with E-state index in [2.05, 4.69) is 36.1 Å². The lowest BCUT2D eigenvalue weighted by atomic mass is 9.87. The summed E-state index contributed by atoms with van der Waals surface area (Å²) in [5.41, 5.74) is 2.38. The quantitative estimate of drug-likeness (QED) is 0.539. The van der Waals surface area contributed by atoms with Crippen LogP contribution < -0.4 is 10.9 Å². The van der Waals surface area contributed by atoms with Crippen molar-refractivity contribution in [3.63, 3.8) is 0 Å². The molecule has 1 aliphatic carbocycles. The molecule has 3 aromatic rings. The Bertz CT molecular complexity index is 1170. The molecular weight excluding hydrogens is 398 g/mol. The van der Waals surface area contributed by atoms with Gasteiger partial charge < -0.3 is 15.4 Å². The standard InChI is InChI=1S/C23H27N3O3S/c1-23(2,3)13-8-9-16(27)15(12-13)24-19(28)11-10-18-25-21(29)20-14-6-4-5-7-17(14)30-22(20)26-18/h8-9,12,27H,4-7,10-11H2,1-3H3,(H,24,28)(H,25,26,29). The van der Waals surface area contributed by atoms with Gasteiger partial charge in [0.15, 0.2) is 0 Å². The van der Waals surface area contributed by atoms with Crippen LogP contribution in [0.15, 0.2) is 23.0 Å². The van der Waals surface area contributed by atoms with Crippen molar-refractivity contribution >= 4 is 33.1 Å². The Morgan fingerprint density at radius 1 is 1.27 bits per heavy atom. The van der Waals surface area contributed by atoms with Crippen LogP contribution in [0, 0.1) is 0 Å². The zero-order valence-electron chi connectivity index (χ0n) is 17.6. The summed E-state index contributed by atoms with van der Waals surface area (Å²) >= 11 is 1.61. The third kappa shape index (κ3) is 4.12. The van der Waals surface area contributed by atoms with Crippen molar-refractivity contribution < 1.29 is 9.90 Å². The SMILES string of the molecule is CC(C)(C)c1ccc(O)c(NC(=O)CCc2nc3sc4c(c3c(=O)[nH]2)CCCC4)c1. The molecular formula is C23H27N3O3S. The lowest BCUT2D eigenvalue weighted by molar-refractivity contribution is -0.116. The van der Waals surface area contributed by atoms with E-state index in [0.29, 0.717) is 17.9 Å². The number of fused-ring (bicyclic) bond motifs is 3. The third-order valence-electron chi connectivity index (χ3n) is 5.60. The second-order valence-electron chi connectivity index (χ2n) is 8.93. The normalized spacial score (nSPS) is 14.0. The predicted octanol–water partition coefficient (Wildman–Crippen LogP) is 4.44. The molecule has 0 saturated carbocycles. The smallest absolute Gasteiger partial charge is 0.259 e. The number of hydrogen-bond donors (Lipinski definition) is 3. The monoisotopic (exact) mass is 425 g/mol. The average Bonchev–Trinajstić information content (AvgIpc) is 3.06. The topological polar surface area (TPSA) is 95.1 Å². The molecule has 4 rings (SSSR count). The number of nitrogens with zero attached hydrogens (tertiary/aromatic N) is 1. The fourth-order valence-electron chi connectivity index (χ4n) is 3.87. The van der Waals surface area contributed by atoms with Gasteiger partial charge in [0, 0.05) is 17.7 Å². The Hall–Kier alpha value is -2.67. The number of aryl methyl sites for hydroxylation is 3. The lowest BCUT2D eigenvalue weighted by Gasteiger charge is -2.20. The molecule has 0 saturated heterocycles. The second kappa shape index (κ2) is 7.87. The van der Waals surface area contributed by atoms with E-state index >= 15 is 0 Å². The molecule has 0 fully saturated rings. The maximum absolute atomic E-state index is 12.6. The van der Waals surface area contributed by atoms with Gasteiger partial charge in [-0.3, -0.25) is 9.59 Å². The molecule has 0 bridgehead atoms. The Balaban J connectivity index is 1.48. The molecule has 1 aliphatic rings. The van der Waals surface area contributed by atoms with Crippen molar-refractivity contribution in [1.82, 2.24) is 9.97 Å². The largest absolute Gasteiger partial charge is 0.506 e. The van der Waals surface area contributed by atoms with Gasteiger partial charge in [-0.1, -0.05) is 26.8 Å². The molecule has 7 heteroatoms. The number of anilines is 1. The number of aromatic amines is 1. The molecule has 0 aliphatic heterocycles. The van der Waals surface area contributed by atoms with E-state index in [1.54, 1.807) is 23.5 Å². The first-order valence-electron chi connectivity index (χ1n) is 10.4. The lowest BCUT2D eigenvalue weighted by Crippen LogP contribution is -2.17. The Kier molecular flexibility index (Phi) is 5.40. The number of aromatic nitrogens is 2. The van der Waals surface area contributed by atoms with E-state index in [9.17, 15) is 14.7 Å². The number of rotatable bonds is 4. The fraction of sp³-hybridized carbons (Fsp3) is 0.435. The number of aromatic hydroxyl groups is 1. The van der Waals surface area contributed by atoms with Crippen molar-refractivity contribution in [2.75, 3.05) is 5.32 Å². The van der Waals surface area contributed by atoms with Crippen LogP contribution in [0.2, 0.25) is 0 Å². The van der Waals surface area contributed by atoms with E-state index in [1.165, 1.54) is 4.88 Å². The number of benzene rings is 1. The van der Waals surface area contributed by atoms with Gasteiger partial charge in [0.25, 0.3) is 5.56 Å². The number of thiophene rings is 1. The van der Waals surface area contributed by atoms with Gasteiger partial charge in [0.05, 0.1) is 11.1 Å². The first kappa shape index (κ1) is 20.6. The highest BCUT2D eigenvalue weighted by atomic mass is 32.1. The highest BCUT2D eigenvalue weighted by molar-refractivity contribution is 7.18. The van der Waals surface area contributed by atoms with Gasteiger partial charge in [-0.05, 0) is 54.4 Å². The molecule has 6 nitrogen and oxygen atoms in total. The average molecular weight is 426 g/mol. The van der Waals surface area contributed by atoms with Gasteiger partial charge in [-0.15, -0.1) is 11.3 Å². The fourth-order valence-corrected chi connectivity index (χ4v) is 5.16. The minimum atomic E-state index is -0.232. The van der Waals surface area contributed by atoms with E-state index in [1.807, 2.05) is 6.07 Å². The number of hydrogen-bond acceptors (Lipinski definition) is 5. The highest BCUT2D eigenvalue weighted by Gasteiger charge is 2.20. The van der Waals surface area contributed by atoms with E-state index in [0.717, 1.165) is 47.0 Å². The van der Waals surface area contributed by atoms with Crippen molar-refractivity contribution in [2.45, 2.75) is 64.7 Å². The number of amides is 1. The van der Waals surface area contributed by atoms with Gasteiger partial charge in [-0.25, -0.2) is 4.98 Å². The van der Waals surface area contributed by atoms with Crippen LogP contribution in [0.3, 0.4) is 0 Å². The van der Waals surface area contributed by atoms with Crippen LogP contribution in [0.4, 0.5) is 5.69 Å². The van der Waals surface area contributed by atoms with Gasteiger partial charge in [0.2, 0.25) is 5.91 Å². The van der Waals surface area contributed by atoms with Gasteiger partial charge in [0.1, 0.15) is 16.4 Å². The van der Waals surface area contributed by atoms with Crippen LogP contribution in [-0.4, -0.2) is 21.0 Å². The van der Waals surface area contributed by atoms with E-state index < -0.39 is 0 Å². The second-order valence-corrected chi connectivity index (χ2v) is 10.0. The zero-order valence-corrected chi connectivity index (χ0v) is 18.4. The summed E-state index contributed by atoms with van der Waals surface area (Å²) in [4.78, 5) is 34.6. The Labute approximate surface area is 179 Å². The number of carbonyl (C=O) groups is 1. The highest BCUT2D eigenvalue weighted by Crippen LogP contribution is 2.34. The summed E-state index contributed by atoms with van der Waals surface area (Å²) in [6, 6.07) is 5.26. The molecule has 2 aromatic heterocycles. The first-order valence-corrected chi connectivity index (χ1v) is 11.2. The van der Waals surface area contributed by atoms with Crippen molar-refractivity contribution in [2.24, 2.45) is 0 Å². The molecule has 2 heterocycles. The molecule has 0 spiro atoms. The van der Waals surface area contributed by atoms with Gasteiger partial charge in [-0.2, -0.15) is 0 Å². The minimum Gasteiger partial charge on any atom is -0.506 e. The molecule has 0 radical (unpaired) electrons. The maximum atomic E-state index is 12.6. The van der Waals surface area contributed by atoms with Gasteiger partial charge >= 0.3 is 0 Å². The van der Waals surface area contributed by atoms with E-state index in [-0.39, 0.29) is 29.1 Å². The van der Waals surface area contributed by atoms with Crippen molar-refractivity contribution in [3.05, 3.63) is 50.4 Å². The molecule has 0 unspecified atom stereocenters. The van der Waals surface area contributed by atoms with Crippen LogP contribution in [0.5, 0.6) is 5.75 Å². The summed E-state index contributed by atoms with van der Waals surface area (Å²) in [6.07, 6.45) is 4.74. The third-order valence-corrected chi connectivity index (χ3v) is 6.79. The number of H-pyrrole nitrogens is 1. The summed E-state index contributed by atoms with van der Waals surface area (Å²) in [5.74, 6) is 0.326. The number of phenols is 1. The number of nitrogens with one attached hydrogen (secondary N) is 2. The van der Waals surface area contributed by atoms with Crippen LogP contribution in [0.25, 0.3) is 10.2 Å². The maximum Gasteiger partial charge on any atom is 0.259 e. The molecule has 3 N–H and O–H groups in total. The summed E-state index contributed by atoms with van der Waals surface area (Å²) in [6.45, 7) is 6.22. The van der Waals surface area contributed by atoms with E-state index in [4.69, 9.17) is 0 Å². The molecule has 1 aromatic carbocycles. The van der Waals surface area contributed by atoms with Crippen LogP contribution in [0.1, 0.15) is 61.9 Å². The molecule has 0 atom stereocenters. The zero-order chi connectivity index (χ0) is 21.5. The molecule has 1 amide bonds. The number of carbonyl (C=O) groups excluding carboxylic acids is 1. The minimum absolute atomic E-state index is 0.0356. The van der Waals surface area contributed by atoms with Crippen molar-refractivity contribution in [3.8, 4) is 5.75 Å². The van der Waals surface area contributed by atoms with Crippen LogP contribution in [-0.2, 0) is 29.5 Å². The van der Waals surface area contributed by atoms with Crippen LogP contribution >= 0.6 is 11.3 Å².